The van der Waals surface area contributed by atoms with Crippen LogP contribution in [0.2, 0.25) is 0 Å². The van der Waals surface area contributed by atoms with Gasteiger partial charge in [-0.25, -0.2) is 4.79 Å². The summed E-state index contributed by atoms with van der Waals surface area (Å²) in [5.41, 5.74) is 1.02. The molecular weight excluding hydrogens is 316 g/mol. The average Bonchev–Trinajstić information content (AvgIpc) is 2.84. The molecule has 2 fully saturated rings. The molecule has 3 rings (SSSR count). The zero-order valence-electron chi connectivity index (χ0n) is 13.2. The van der Waals surface area contributed by atoms with E-state index in [9.17, 15) is 9.59 Å². The summed E-state index contributed by atoms with van der Waals surface area (Å²) >= 11 is 6.29. The minimum absolute atomic E-state index is 0.00781. The molecular formula is C17H21ClN2O3. The summed E-state index contributed by atoms with van der Waals surface area (Å²) in [6, 6.07) is 9.39. The third kappa shape index (κ3) is 3.21. The van der Waals surface area contributed by atoms with Gasteiger partial charge in [0.15, 0.2) is 5.78 Å². The quantitative estimate of drug-likeness (QED) is 0.750. The molecule has 3 unspecified atom stereocenters. The van der Waals surface area contributed by atoms with Crippen molar-refractivity contribution in [3.63, 3.8) is 0 Å². The number of carbonyl (C=O) groups excluding carboxylic acids is 2. The van der Waals surface area contributed by atoms with E-state index in [0.29, 0.717) is 19.6 Å². The molecule has 2 bridgehead atoms. The molecule has 2 aliphatic rings. The second kappa shape index (κ2) is 6.89. The molecule has 2 saturated heterocycles. The van der Waals surface area contributed by atoms with Crippen LogP contribution in [0.5, 0.6) is 0 Å². The van der Waals surface area contributed by atoms with Gasteiger partial charge in [-0.05, 0) is 18.4 Å². The summed E-state index contributed by atoms with van der Waals surface area (Å²) in [7, 11) is 0. The molecule has 0 N–H and O–H groups in total. The van der Waals surface area contributed by atoms with E-state index in [0.717, 1.165) is 18.4 Å². The predicted molar refractivity (Wildman–Crippen MR) is 86.9 cm³/mol. The van der Waals surface area contributed by atoms with Crippen molar-refractivity contribution in [2.45, 2.75) is 50.3 Å². The predicted octanol–water partition coefficient (Wildman–Crippen LogP) is 2.97. The van der Waals surface area contributed by atoms with Crippen LogP contribution in [-0.4, -0.2) is 45.8 Å². The van der Waals surface area contributed by atoms with Gasteiger partial charge in [-0.3, -0.25) is 9.63 Å². The van der Waals surface area contributed by atoms with Gasteiger partial charge in [-0.2, -0.15) is 5.06 Å². The molecule has 0 spiro atoms. The van der Waals surface area contributed by atoms with Gasteiger partial charge >= 0.3 is 6.03 Å². The minimum Gasteiger partial charge on any atom is -0.316 e. The van der Waals surface area contributed by atoms with Crippen LogP contribution in [0.15, 0.2) is 30.3 Å². The smallest absolute Gasteiger partial charge is 0.316 e. The average molecular weight is 337 g/mol. The van der Waals surface area contributed by atoms with E-state index in [2.05, 4.69) is 0 Å². The second-order valence-corrected chi connectivity index (χ2v) is 6.51. The molecule has 124 valence electrons. The highest BCUT2D eigenvalue weighted by Crippen LogP contribution is 2.33. The number of hydrogen-bond acceptors (Lipinski definition) is 3. The topological polar surface area (TPSA) is 49.9 Å². The van der Waals surface area contributed by atoms with E-state index in [4.69, 9.17) is 16.4 Å². The number of urea groups is 1. The maximum Gasteiger partial charge on any atom is 0.344 e. The van der Waals surface area contributed by atoms with Crippen molar-refractivity contribution in [2.75, 3.05) is 6.54 Å². The summed E-state index contributed by atoms with van der Waals surface area (Å²) in [5.74, 6) is -0.00781. The number of fused-ring (bicyclic) bond motifs is 2. The Kier molecular flexibility index (Phi) is 4.87. The van der Waals surface area contributed by atoms with Gasteiger partial charge in [0, 0.05) is 13.0 Å². The van der Waals surface area contributed by atoms with E-state index in [1.54, 1.807) is 11.8 Å². The molecule has 1 aromatic carbocycles. The molecule has 5 nitrogen and oxygen atoms in total. The molecule has 0 aromatic heterocycles. The Morgan fingerprint density at radius 1 is 1.35 bits per heavy atom. The van der Waals surface area contributed by atoms with Crippen LogP contribution in [0.1, 0.15) is 31.7 Å². The minimum atomic E-state index is -0.626. The third-order valence-corrected chi connectivity index (χ3v) is 5.11. The molecule has 2 amide bonds. The van der Waals surface area contributed by atoms with Crippen molar-refractivity contribution in [3.05, 3.63) is 35.9 Å². The number of carbonyl (C=O) groups is 2. The number of halogens is 1. The van der Waals surface area contributed by atoms with E-state index >= 15 is 0 Å². The van der Waals surface area contributed by atoms with Crippen molar-refractivity contribution in [1.29, 1.82) is 0 Å². The second-order valence-electron chi connectivity index (χ2n) is 6.04. The highest BCUT2D eigenvalue weighted by atomic mass is 35.5. The van der Waals surface area contributed by atoms with Crippen LogP contribution < -0.4 is 0 Å². The van der Waals surface area contributed by atoms with Crippen molar-refractivity contribution in [2.24, 2.45) is 0 Å². The maximum atomic E-state index is 12.6. The maximum absolute atomic E-state index is 12.6. The number of nitrogens with zero attached hydrogens (tertiary/aromatic N) is 2. The third-order valence-electron chi connectivity index (χ3n) is 4.58. The van der Waals surface area contributed by atoms with Gasteiger partial charge < -0.3 is 4.90 Å². The van der Waals surface area contributed by atoms with E-state index < -0.39 is 5.38 Å². The Bertz CT molecular complexity index is 580. The summed E-state index contributed by atoms with van der Waals surface area (Å²) in [5, 5.41) is 0.839. The van der Waals surface area contributed by atoms with Gasteiger partial charge in [0.25, 0.3) is 0 Å². The van der Waals surface area contributed by atoms with Crippen molar-refractivity contribution in [3.8, 4) is 0 Å². The summed E-state index contributed by atoms with van der Waals surface area (Å²) in [4.78, 5) is 31.9. The van der Waals surface area contributed by atoms with Gasteiger partial charge in [0.1, 0.15) is 12.0 Å². The van der Waals surface area contributed by atoms with Gasteiger partial charge in [-0.15, -0.1) is 11.6 Å². The van der Waals surface area contributed by atoms with E-state index in [-0.39, 0.29) is 23.9 Å². The van der Waals surface area contributed by atoms with Crippen LogP contribution in [0.3, 0.4) is 0 Å². The molecule has 6 heteroatoms. The number of hydrogen-bond donors (Lipinski definition) is 0. The van der Waals surface area contributed by atoms with E-state index in [1.165, 1.54) is 5.06 Å². The number of rotatable bonds is 6. The Morgan fingerprint density at radius 3 is 2.78 bits per heavy atom. The first-order valence-corrected chi connectivity index (χ1v) is 8.49. The monoisotopic (exact) mass is 336 g/mol. The fraction of sp³-hybridized carbons (Fsp3) is 0.529. The first-order valence-electron chi connectivity index (χ1n) is 8.05. The molecule has 1 aromatic rings. The van der Waals surface area contributed by atoms with Crippen LogP contribution >= 0.6 is 11.6 Å². The van der Waals surface area contributed by atoms with Gasteiger partial charge in [0.05, 0.1) is 12.1 Å². The normalized spacial score (nSPS) is 24.9. The van der Waals surface area contributed by atoms with Crippen molar-refractivity contribution in [1.82, 2.24) is 9.96 Å². The number of Topliss-reactive ketones (excluding diaryl/α,β-unsaturated/α-hetero) is 1. The molecule has 0 radical (unpaired) electrons. The largest absolute Gasteiger partial charge is 0.344 e. The first kappa shape index (κ1) is 16.3. The fourth-order valence-electron chi connectivity index (χ4n) is 3.26. The number of hydroxylamine groups is 2. The molecule has 0 aliphatic carbocycles. The van der Waals surface area contributed by atoms with Crippen LogP contribution in [-0.2, 0) is 16.2 Å². The molecule has 2 heterocycles. The lowest BCUT2D eigenvalue weighted by atomic mass is 9.96. The standard InChI is InChI=1S/C17H21ClN2O3/c1-2-15(21)16(18)14-9-8-13-10-19(14)17(22)20(13)23-11-12-6-4-3-5-7-12/h3-7,13-14,16H,2,8-11H2,1H3. The lowest BCUT2D eigenvalue weighted by Gasteiger charge is -2.32. The van der Waals surface area contributed by atoms with Crippen LogP contribution in [0.4, 0.5) is 4.79 Å². The summed E-state index contributed by atoms with van der Waals surface area (Å²) < 4.78 is 0. The highest BCUT2D eigenvalue weighted by Gasteiger charge is 2.48. The SMILES string of the molecule is CCC(=O)C(Cl)C1CCC2CN1C(=O)N2OCc1ccccc1. The zero-order chi connectivity index (χ0) is 16.4. The molecule has 2 aliphatic heterocycles. The number of alkyl halides is 1. The molecule has 23 heavy (non-hydrogen) atoms. The number of ketones is 1. The Labute approximate surface area is 141 Å². The number of amides is 2. The summed E-state index contributed by atoms with van der Waals surface area (Å²) in [6.45, 7) is 2.74. The van der Waals surface area contributed by atoms with Crippen molar-refractivity contribution >= 4 is 23.4 Å². The lowest BCUT2D eigenvalue weighted by Crippen LogP contribution is -2.47. The Morgan fingerprint density at radius 2 is 2.09 bits per heavy atom. The van der Waals surface area contributed by atoms with Crippen LogP contribution in [0, 0.1) is 0 Å². The van der Waals surface area contributed by atoms with Gasteiger partial charge in [0.2, 0.25) is 0 Å². The highest BCUT2D eigenvalue weighted by molar-refractivity contribution is 6.31. The van der Waals surface area contributed by atoms with Crippen LogP contribution in [0.25, 0.3) is 0 Å². The van der Waals surface area contributed by atoms with Gasteiger partial charge in [-0.1, -0.05) is 37.3 Å². The molecule has 0 saturated carbocycles. The first-order chi connectivity index (χ1) is 11.1. The zero-order valence-corrected chi connectivity index (χ0v) is 13.9. The fourth-order valence-corrected chi connectivity index (χ4v) is 3.68. The number of benzene rings is 1. The molecule has 3 atom stereocenters. The number of piperidine rings is 1. The van der Waals surface area contributed by atoms with Crippen molar-refractivity contribution < 1.29 is 14.4 Å². The Balaban J connectivity index is 1.65. The Hall–Kier alpha value is -1.59. The summed E-state index contributed by atoms with van der Waals surface area (Å²) in [6.07, 6.45) is 1.94. The van der Waals surface area contributed by atoms with E-state index in [1.807, 2.05) is 30.3 Å². The lowest BCUT2D eigenvalue weighted by molar-refractivity contribution is -0.140.